The number of nitrogens with one attached hydrogen (secondary N) is 2. The predicted octanol–water partition coefficient (Wildman–Crippen LogP) is 1.78. The van der Waals surface area contributed by atoms with Gasteiger partial charge in [0, 0.05) is 18.9 Å². The lowest BCUT2D eigenvalue weighted by Crippen LogP contribution is -2.04. The number of aldehydes is 1. The van der Waals surface area contributed by atoms with E-state index in [0.29, 0.717) is 23.6 Å². The standard InChI is InChI=1S/C12H13N5O/c1-8-3-4-10(6-14-8)16-12-15-5-9(7-18)11(13-2)17-12/h3-7H,1-2H3,(H2,13,15,16,17). The van der Waals surface area contributed by atoms with Gasteiger partial charge in [-0.3, -0.25) is 9.78 Å². The molecule has 0 saturated carbocycles. The van der Waals surface area contributed by atoms with Gasteiger partial charge in [0.25, 0.3) is 0 Å². The number of aryl methyl sites for hydroxylation is 1. The number of anilines is 3. The third-order valence-electron chi connectivity index (χ3n) is 2.35. The van der Waals surface area contributed by atoms with Crippen LogP contribution in [-0.4, -0.2) is 28.3 Å². The van der Waals surface area contributed by atoms with E-state index < -0.39 is 0 Å². The number of rotatable bonds is 4. The summed E-state index contributed by atoms with van der Waals surface area (Å²) in [4.78, 5) is 23.1. The maximum Gasteiger partial charge on any atom is 0.229 e. The molecule has 6 heteroatoms. The average Bonchev–Trinajstić information content (AvgIpc) is 2.41. The molecule has 0 saturated heterocycles. The van der Waals surface area contributed by atoms with E-state index in [2.05, 4.69) is 25.6 Å². The molecule has 2 N–H and O–H groups in total. The second-order valence-corrected chi connectivity index (χ2v) is 3.68. The smallest absolute Gasteiger partial charge is 0.229 e. The van der Waals surface area contributed by atoms with Crippen molar-refractivity contribution in [2.24, 2.45) is 0 Å². The Morgan fingerprint density at radius 3 is 2.67 bits per heavy atom. The molecule has 0 amide bonds. The number of pyridine rings is 1. The van der Waals surface area contributed by atoms with Crippen molar-refractivity contribution in [2.45, 2.75) is 6.92 Å². The Balaban J connectivity index is 2.24. The lowest BCUT2D eigenvalue weighted by molar-refractivity contribution is 0.112. The Morgan fingerprint density at radius 2 is 2.06 bits per heavy atom. The zero-order valence-corrected chi connectivity index (χ0v) is 10.1. The molecule has 2 aromatic rings. The van der Waals surface area contributed by atoms with Crippen LogP contribution in [0.3, 0.4) is 0 Å². The fraction of sp³-hybridized carbons (Fsp3) is 0.167. The highest BCUT2D eigenvalue weighted by Gasteiger charge is 2.05. The molecule has 0 radical (unpaired) electrons. The van der Waals surface area contributed by atoms with Gasteiger partial charge in [0.2, 0.25) is 5.95 Å². The van der Waals surface area contributed by atoms with E-state index in [4.69, 9.17) is 0 Å². The molecule has 92 valence electrons. The van der Waals surface area contributed by atoms with Crippen molar-refractivity contribution in [1.82, 2.24) is 15.0 Å². The molecule has 0 fully saturated rings. The second-order valence-electron chi connectivity index (χ2n) is 3.68. The third kappa shape index (κ3) is 2.60. The Kier molecular flexibility index (Phi) is 3.47. The van der Waals surface area contributed by atoms with Gasteiger partial charge < -0.3 is 10.6 Å². The predicted molar refractivity (Wildman–Crippen MR) is 69.2 cm³/mol. The van der Waals surface area contributed by atoms with Crippen LogP contribution in [-0.2, 0) is 0 Å². The molecule has 2 aromatic heterocycles. The van der Waals surface area contributed by atoms with E-state index in [1.807, 2.05) is 19.1 Å². The van der Waals surface area contributed by atoms with E-state index >= 15 is 0 Å². The van der Waals surface area contributed by atoms with E-state index in [9.17, 15) is 4.79 Å². The number of carbonyl (C=O) groups is 1. The summed E-state index contributed by atoms with van der Waals surface area (Å²) in [5, 5.41) is 5.86. The lowest BCUT2D eigenvalue weighted by atomic mass is 10.3. The monoisotopic (exact) mass is 243 g/mol. The van der Waals surface area contributed by atoms with E-state index in [1.165, 1.54) is 6.20 Å². The Morgan fingerprint density at radius 1 is 1.22 bits per heavy atom. The van der Waals surface area contributed by atoms with E-state index in [0.717, 1.165) is 11.4 Å². The molecule has 0 unspecified atom stereocenters. The van der Waals surface area contributed by atoms with Crippen LogP contribution in [0, 0.1) is 6.92 Å². The highest BCUT2D eigenvalue weighted by Crippen LogP contribution is 2.15. The van der Waals surface area contributed by atoms with Gasteiger partial charge in [0.15, 0.2) is 6.29 Å². The highest BCUT2D eigenvalue weighted by atomic mass is 16.1. The van der Waals surface area contributed by atoms with Crippen LogP contribution in [0.25, 0.3) is 0 Å². The first-order valence-corrected chi connectivity index (χ1v) is 5.42. The van der Waals surface area contributed by atoms with Gasteiger partial charge in [0.1, 0.15) is 5.82 Å². The van der Waals surface area contributed by atoms with Crippen molar-refractivity contribution in [3.05, 3.63) is 35.8 Å². The molecule has 0 aliphatic carbocycles. The van der Waals surface area contributed by atoms with Gasteiger partial charge in [-0.1, -0.05) is 0 Å². The summed E-state index contributed by atoms with van der Waals surface area (Å²) in [5.74, 6) is 0.901. The lowest BCUT2D eigenvalue weighted by Gasteiger charge is -2.07. The Labute approximate surface area is 105 Å². The molecule has 2 heterocycles. The van der Waals surface area contributed by atoms with Gasteiger partial charge in [-0.2, -0.15) is 4.98 Å². The number of hydrogen-bond acceptors (Lipinski definition) is 6. The van der Waals surface area contributed by atoms with Crippen molar-refractivity contribution >= 4 is 23.7 Å². The van der Waals surface area contributed by atoms with Crippen LogP contribution in [0.1, 0.15) is 16.1 Å². The van der Waals surface area contributed by atoms with Crippen LogP contribution in [0.2, 0.25) is 0 Å². The van der Waals surface area contributed by atoms with Crippen LogP contribution in [0.5, 0.6) is 0 Å². The van der Waals surface area contributed by atoms with Crippen molar-refractivity contribution < 1.29 is 4.79 Å². The van der Waals surface area contributed by atoms with Gasteiger partial charge in [0.05, 0.1) is 17.4 Å². The van der Waals surface area contributed by atoms with Gasteiger partial charge >= 0.3 is 0 Å². The SMILES string of the molecule is CNc1nc(Nc2ccc(C)nc2)ncc1C=O. The van der Waals surface area contributed by atoms with Gasteiger partial charge in [-0.25, -0.2) is 4.98 Å². The largest absolute Gasteiger partial charge is 0.372 e. The molecule has 0 aliphatic heterocycles. The average molecular weight is 243 g/mol. The van der Waals surface area contributed by atoms with Crippen LogP contribution in [0.15, 0.2) is 24.5 Å². The summed E-state index contributed by atoms with van der Waals surface area (Å²) < 4.78 is 0. The molecule has 0 aliphatic rings. The second kappa shape index (κ2) is 5.22. The zero-order valence-electron chi connectivity index (χ0n) is 10.1. The van der Waals surface area contributed by atoms with Crippen molar-refractivity contribution in [3.8, 4) is 0 Å². The number of aromatic nitrogens is 3. The first-order valence-electron chi connectivity index (χ1n) is 5.42. The Hall–Kier alpha value is -2.50. The van der Waals surface area contributed by atoms with Crippen LogP contribution < -0.4 is 10.6 Å². The van der Waals surface area contributed by atoms with Crippen LogP contribution in [0.4, 0.5) is 17.5 Å². The molecular weight excluding hydrogens is 230 g/mol. The summed E-state index contributed by atoms with van der Waals surface area (Å²) in [6.45, 7) is 1.91. The van der Waals surface area contributed by atoms with Crippen LogP contribution >= 0.6 is 0 Å². The summed E-state index contributed by atoms with van der Waals surface area (Å²) in [7, 11) is 1.70. The molecule has 18 heavy (non-hydrogen) atoms. The number of hydrogen-bond donors (Lipinski definition) is 2. The minimum Gasteiger partial charge on any atom is -0.372 e. The summed E-state index contributed by atoms with van der Waals surface area (Å²) in [5.41, 5.74) is 2.15. The van der Waals surface area contributed by atoms with E-state index in [-0.39, 0.29) is 0 Å². The third-order valence-corrected chi connectivity index (χ3v) is 2.35. The van der Waals surface area contributed by atoms with Gasteiger partial charge in [-0.05, 0) is 19.1 Å². The fourth-order valence-corrected chi connectivity index (χ4v) is 1.41. The molecule has 0 atom stereocenters. The van der Waals surface area contributed by atoms with Crippen molar-refractivity contribution in [3.63, 3.8) is 0 Å². The molecular formula is C12H13N5O. The quantitative estimate of drug-likeness (QED) is 0.797. The summed E-state index contributed by atoms with van der Waals surface area (Å²) in [6.07, 6.45) is 3.88. The maximum atomic E-state index is 10.7. The normalized spacial score (nSPS) is 9.89. The summed E-state index contributed by atoms with van der Waals surface area (Å²) in [6, 6.07) is 3.78. The van der Waals surface area contributed by atoms with Crippen molar-refractivity contribution in [2.75, 3.05) is 17.7 Å². The first-order chi connectivity index (χ1) is 8.72. The summed E-state index contributed by atoms with van der Waals surface area (Å²) >= 11 is 0. The number of nitrogens with zero attached hydrogens (tertiary/aromatic N) is 3. The maximum absolute atomic E-state index is 10.7. The highest BCUT2D eigenvalue weighted by molar-refractivity contribution is 5.82. The van der Waals surface area contributed by atoms with Gasteiger partial charge in [-0.15, -0.1) is 0 Å². The minimum atomic E-state index is 0.413. The minimum absolute atomic E-state index is 0.413. The zero-order chi connectivity index (χ0) is 13.0. The molecule has 2 rings (SSSR count). The topological polar surface area (TPSA) is 79.8 Å². The molecule has 6 nitrogen and oxygen atoms in total. The molecule has 0 bridgehead atoms. The first kappa shape index (κ1) is 12.0. The van der Waals surface area contributed by atoms with Crippen molar-refractivity contribution in [1.29, 1.82) is 0 Å². The van der Waals surface area contributed by atoms with E-state index in [1.54, 1.807) is 13.2 Å². The fourth-order valence-electron chi connectivity index (χ4n) is 1.41. The molecule has 0 aromatic carbocycles. The Bertz CT molecular complexity index is 553. The number of carbonyl (C=O) groups excluding carboxylic acids is 1. The molecule has 0 spiro atoms.